The first-order valence-corrected chi connectivity index (χ1v) is 43.1. The molecule has 0 amide bonds. The van der Waals surface area contributed by atoms with E-state index < -0.39 is 97.5 Å². The summed E-state index contributed by atoms with van der Waals surface area (Å²) in [6.07, 6.45) is 80.7. The Kier molecular flexibility index (Phi) is 71.8. The number of allylic oxidation sites excluding steroid dienone is 18. The first kappa shape index (κ1) is 97.7. The smallest absolute Gasteiger partial charge is 0.462 e. The summed E-state index contributed by atoms with van der Waals surface area (Å²) in [6, 6.07) is 0. The molecule has 0 aromatic carbocycles. The molecule has 0 aliphatic carbocycles. The quantitative estimate of drug-likeness (QED) is 0.0169. The molecule has 0 saturated carbocycles. The topological polar surface area (TPSA) is 237 Å². The summed E-state index contributed by atoms with van der Waals surface area (Å²) in [5.41, 5.74) is 0. The lowest BCUT2D eigenvalue weighted by Gasteiger charge is -2.21. The maximum atomic E-state index is 13.1. The van der Waals surface area contributed by atoms with Gasteiger partial charge in [0.25, 0.3) is 0 Å². The van der Waals surface area contributed by atoms with Crippen LogP contribution in [-0.4, -0.2) is 96.7 Å². The molecule has 0 aliphatic rings. The molecular weight excluding hydrogens is 1330 g/mol. The third-order valence-electron chi connectivity index (χ3n) is 16.7. The van der Waals surface area contributed by atoms with E-state index >= 15 is 0 Å². The second-order valence-corrected chi connectivity index (χ2v) is 29.5. The minimum absolute atomic E-state index is 0.0766. The third-order valence-corrected chi connectivity index (χ3v) is 18.6. The van der Waals surface area contributed by atoms with Gasteiger partial charge in [-0.1, -0.05) is 285 Å². The number of carbonyl (C=O) groups is 4. The molecule has 0 bridgehead atoms. The Balaban J connectivity index is 5.33. The van der Waals surface area contributed by atoms with Gasteiger partial charge in [-0.15, -0.1) is 0 Å². The van der Waals surface area contributed by atoms with Gasteiger partial charge < -0.3 is 33.8 Å². The molecule has 0 saturated heterocycles. The van der Waals surface area contributed by atoms with Crippen LogP contribution in [0.4, 0.5) is 0 Å². The number of esters is 4. The van der Waals surface area contributed by atoms with Crippen LogP contribution in [0.15, 0.2) is 109 Å². The number of phosphoric ester groups is 2. The van der Waals surface area contributed by atoms with E-state index in [4.69, 9.17) is 37.0 Å². The highest BCUT2D eigenvalue weighted by molar-refractivity contribution is 7.47. The van der Waals surface area contributed by atoms with Crippen LogP contribution in [0.3, 0.4) is 0 Å². The normalized spacial score (nSPS) is 14.5. The summed E-state index contributed by atoms with van der Waals surface area (Å²) in [5, 5.41) is 10.6. The zero-order chi connectivity index (χ0) is 74.6. The SMILES string of the molecule is CC/C=C\C/C=C\C/C=C\C/C=C\C/C=C\CCCCCC(=O)OCC(COP(=O)(O)OCC(O)COP(=O)(O)OCC(COC(=O)CCCCCCCC/C=C\C/C=C\C/C=C\CCCCC)OC(=O)CCCCCCCCCCCCC)OC(=O)CCCCCCC/C=C\CCCCCC. The molecule has 0 heterocycles. The van der Waals surface area contributed by atoms with E-state index in [1.54, 1.807) is 0 Å². The minimum Gasteiger partial charge on any atom is -0.462 e. The van der Waals surface area contributed by atoms with Crippen molar-refractivity contribution < 1.29 is 80.2 Å². The Bertz CT molecular complexity index is 2360. The molecule has 19 heteroatoms. The van der Waals surface area contributed by atoms with Gasteiger partial charge in [0.15, 0.2) is 12.2 Å². The highest BCUT2D eigenvalue weighted by atomic mass is 31.2. The lowest BCUT2D eigenvalue weighted by Crippen LogP contribution is -2.30. The van der Waals surface area contributed by atoms with E-state index in [0.717, 1.165) is 173 Å². The Morgan fingerprint density at radius 1 is 0.284 bits per heavy atom. The Morgan fingerprint density at radius 2 is 0.510 bits per heavy atom. The fourth-order valence-electron chi connectivity index (χ4n) is 10.6. The van der Waals surface area contributed by atoms with Crippen molar-refractivity contribution in [3.05, 3.63) is 109 Å². The highest BCUT2D eigenvalue weighted by Gasteiger charge is 2.30. The van der Waals surface area contributed by atoms with Gasteiger partial charge in [0.2, 0.25) is 0 Å². The predicted octanol–water partition coefficient (Wildman–Crippen LogP) is 23.3. The van der Waals surface area contributed by atoms with E-state index in [9.17, 15) is 43.2 Å². The van der Waals surface area contributed by atoms with Crippen LogP contribution < -0.4 is 0 Å². The van der Waals surface area contributed by atoms with E-state index in [1.807, 2.05) is 0 Å². The average Bonchev–Trinajstić information content (AvgIpc) is 0.907. The van der Waals surface area contributed by atoms with E-state index in [2.05, 4.69) is 137 Å². The monoisotopic (exact) mass is 1470 g/mol. The second-order valence-electron chi connectivity index (χ2n) is 26.6. The van der Waals surface area contributed by atoms with Crippen molar-refractivity contribution in [3.8, 4) is 0 Å². The molecule has 0 spiro atoms. The van der Waals surface area contributed by atoms with Crippen molar-refractivity contribution in [1.82, 2.24) is 0 Å². The number of unbranched alkanes of at least 4 members (excludes halogenated alkanes) is 31. The Hall–Kier alpha value is -4.28. The van der Waals surface area contributed by atoms with Gasteiger partial charge >= 0.3 is 39.5 Å². The Labute approximate surface area is 619 Å². The van der Waals surface area contributed by atoms with Gasteiger partial charge in [-0.3, -0.25) is 37.3 Å². The lowest BCUT2D eigenvalue weighted by molar-refractivity contribution is -0.161. The number of hydrogen-bond donors (Lipinski definition) is 3. The summed E-state index contributed by atoms with van der Waals surface area (Å²) in [7, 11) is -9.96. The van der Waals surface area contributed by atoms with Crippen molar-refractivity contribution in [2.75, 3.05) is 39.6 Å². The summed E-state index contributed by atoms with van der Waals surface area (Å²) in [6.45, 7) is 4.68. The number of hydrogen-bond acceptors (Lipinski definition) is 15. The molecule has 5 atom stereocenters. The molecule has 17 nitrogen and oxygen atoms in total. The summed E-state index contributed by atoms with van der Waals surface area (Å²) in [4.78, 5) is 72.9. The van der Waals surface area contributed by atoms with Crippen LogP contribution in [0, 0.1) is 0 Å². The molecule has 3 N–H and O–H groups in total. The van der Waals surface area contributed by atoms with Gasteiger partial charge in [0.1, 0.15) is 19.3 Å². The average molecular weight is 1480 g/mol. The highest BCUT2D eigenvalue weighted by Crippen LogP contribution is 2.45. The van der Waals surface area contributed by atoms with Crippen molar-refractivity contribution in [2.24, 2.45) is 0 Å². The number of aliphatic hydroxyl groups excluding tert-OH is 1. The molecule has 0 fully saturated rings. The van der Waals surface area contributed by atoms with Gasteiger partial charge in [-0.25, -0.2) is 9.13 Å². The third kappa shape index (κ3) is 74.0. The molecule has 588 valence electrons. The van der Waals surface area contributed by atoms with Crippen LogP contribution in [0.5, 0.6) is 0 Å². The maximum absolute atomic E-state index is 13.1. The molecule has 0 aliphatic heterocycles. The molecule has 0 aromatic heterocycles. The molecule has 0 aromatic rings. The van der Waals surface area contributed by atoms with Gasteiger partial charge in [-0.05, 0) is 135 Å². The summed E-state index contributed by atoms with van der Waals surface area (Å²) in [5.74, 6) is -2.22. The second kappa shape index (κ2) is 75.0. The fraction of sp³-hybridized carbons (Fsp3) is 0.735. The van der Waals surface area contributed by atoms with E-state index in [-0.39, 0.29) is 25.7 Å². The summed E-state index contributed by atoms with van der Waals surface area (Å²) < 4.78 is 68.5. The minimum atomic E-state index is -4.98. The summed E-state index contributed by atoms with van der Waals surface area (Å²) >= 11 is 0. The van der Waals surface area contributed by atoms with Crippen molar-refractivity contribution in [2.45, 2.75) is 354 Å². The number of ether oxygens (including phenoxy) is 4. The van der Waals surface area contributed by atoms with Crippen molar-refractivity contribution in [1.29, 1.82) is 0 Å². The zero-order valence-electron chi connectivity index (χ0n) is 64.3. The van der Waals surface area contributed by atoms with E-state index in [1.165, 1.54) is 83.5 Å². The predicted molar refractivity (Wildman–Crippen MR) is 418 cm³/mol. The molecule has 0 rings (SSSR count). The van der Waals surface area contributed by atoms with Crippen LogP contribution >= 0.6 is 15.6 Å². The van der Waals surface area contributed by atoms with Crippen LogP contribution in [-0.2, 0) is 65.4 Å². The number of aliphatic hydroxyl groups is 1. The molecule has 0 radical (unpaired) electrons. The van der Waals surface area contributed by atoms with Crippen LogP contribution in [0.2, 0.25) is 0 Å². The van der Waals surface area contributed by atoms with E-state index in [0.29, 0.717) is 25.7 Å². The van der Waals surface area contributed by atoms with Crippen LogP contribution in [0.1, 0.15) is 336 Å². The lowest BCUT2D eigenvalue weighted by atomic mass is 10.1. The first-order valence-electron chi connectivity index (χ1n) is 40.1. The van der Waals surface area contributed by atoms with Crippen molar-refractivity contribution >= 4 is 39.5 Å². The largest absolute Gasteiger partial charge is 0.472 e. The fourth-order valence-corrected chi connectivity index (χ4v) is 12.2. The molecular formula is C83H144O17P2. The maximum Gasteiger partial charge on any atom is 0.472 e. The van der Waals surface area contributed by atoms with Gasteiger partial charge in [0, 0.05) is 25.7 Å². The van der Waals surface area contributed by atoms with Crippen molar-refractivity contribution in [3.63, 3.8) is 0 Å². The van der Waals surface area contributed by atoms with Crippen LogP contribution in [0.25, 0.3) is 0 Å². The molecule has 5 unspecified atom stereocenters. The Morgan fingerprint density at radius 3 is 0.833 bits per heavy atom. The number of phosphoric acid groups is 2. The standard InChI is InChI=1S/C83H144O17P2/c1-5-9-13-17-21-25-29-32-34-36-38-40-42-45-48-51-55-59-63-67-80(85)93-73-78(99-82(87)69-65-61-57-53-47-28-24-20-16-12-8-4)75-97-101(89,90)95-71-77(84)72-96-102(91,92)98-76-79(100-83(88)70-66-62-58-54-50-44-31-27-23-19-15-11-7-3)74-94-81(86)68-64-60-56-52-49-46-43-41-39-37-35-33-30-26-22-18-14-10-6-2/h10,14,21-22,25-27,31-35,38-41,46,49,77-79,84H,5-9,11-13,15-20,23-24,28-30,36-37,42-45,47-48,50-76H2,1-4H3,(H,89,90)(H,91,92)/b14-10-,25-21-,26-22-,31-27-,34-32-,35-33-,40-38-,41-39-,49-46-. The number of carbonyl (C=O) groups excluding carboxylic acids is 4. The zero-order valence-corrected chi connectivity index (χ0v) is 66.0. The molecule has 102 heavy (non-hydrogen) atoms. The van der Waals surface area contributed by atoms with Gasteiger partial charge in [0.05, 0.1) is 26.4 Å². The number of rotatable bonds is 75. The first-order chi connectivity index (χ1) is 49.7. The van der Waals surface area contributed by atoms with Gasteiger partial charge in [-0.2, -0.15) is 0 Å².